The van der Waals surface area contributed by atoms with E-state index < -0.39 is 0 Å². The Kier molecular flexibility index (Phi) is 7.45. The van der Waals surface area contributed by atoms with Gasteiger partial charge in [0.15, 0.2) is 5.96 Å². The first kappa shape index (κ1) is 22.6. The molecule has 6 heteroatoms. The average Bonchev–Trinajstić information content (AvgIpc) is 3.34. The number of hydrogen-bond acceptors (Lipinski definition) is 3. The quantitative estimate of drug-likeness (QED) is 0.444. The number of aromatic nitrogens is 1. The zero-order chi connectivity index (χ0) is 23.0. The van der Waals surface area contributed by atoms with Crippen LogP contribution in [0.1, 0.15) is 36.0 Å². The lowest BCUT2D eigenvalue weighted by atomic mass is 9.98. The van der Waals surface area contributed by atoms with Gasteiger partial charge in [0.05, 0.1) is 20.2 Å². The van der Waals surface area contributed by atoms with Crippen molar-refractivity contribution in [1.29, 1.82) is 0 Å². The van der Waals surface area contributed by atoms with Gasteiger partial charge in [0.2, 0.25) is 0 Å². The van der Waals surface area contributed by atoms with Gasteiger partial charge in [0.25, 0.3) is 5.56 Å². The predicted octanol–water partition coefficient (Wildman–Crippen LogP) is 3.86. The van der Waals surface area contributed by atoms with E-state index >= 15 is 0 Å². The van der Waals surface area contributed by atoms with Crippen LogP contribution in [0.5, 0.6) is 5.75 Å². The lowest BCUT2D eigenvalue weighted by Gasteiger charge is -2.22. The maximum Gasteiger partial charge on any atom is 0.250 e. The van der Waals surface area contributed by atoms with Crippen LogP contribution in [-0.2, 0) is 13.1 Å². The third-order valence-electron chi connectivity index (χ3n) is 6.10. The van der Waals surface area contributed by atoms with Crippen LogP contribution in [0.15, 0.2) is 82.7 Å². The summed E-state index contributed by atoms with van der Waals surface area (Å²) >= 11 is 0. The van der Waals surface area contributed by atoms with Crippen molar-refractivity contribution < 1.29 is 4.74 Å². The molecule has 1 N–H and O–H groups in total. The van der Waals surface area contributed by atoms with Crippen molar-refractivity contribution in [2.75, 3.05) is 26.7 Å². The molecule has 1 aromatic heterocycles. The van der Waals surface area contributed by atoms with Crippen LogP contribution in [0.4, 0.5) is 0 Å². The SMILES string of the molecule is CCNC(=NCc1ccc(Cn2ccccc2=O)cc1)N1CCC(c2ccc(OC)cc2)C1. The molecule has 0 aliphatic carbocycles. The fraction of sp³-hybridized carbons (Fsp3) is 0.333. The van der Waals surface area contributed by atoms with E-state index in [9.17, 15) is 4.79 Å². The first-order valence-electron chi connectivity index (χ1n) is 11.6. The minimum absolute atomic E-state index is 0.0139. The maximum absolute atomic E-state index is 11.9. The van der Waals surface area contributed by atoms with Gasteiger partial charge in [-0.3, -0.25) is 4.79 Å². The summed E-state index contributed by atoms with van der Waals surface area (Å²) in [5, 5.41) is 3.45. The summed E-state index contributed by atoms with van der Waals surface area (Å²) in [6.07, 6.45) is 2.93. The Labute approximate surface area is 195 Å². The largest absolute Gasteiger partial charge is 0.497 e. The minimum Gasteiger partial charge on any atom is -0.497 e. The zero-order valence-electron chi connectivity index (χ0n) is 19.4. The predicted molar refractivity (Wildman–Crippen MR) is 133 cm³/mol. The molecular formula is C27H32N4O2. The standard InChI is InChI=1S/C27H32N4O2/c1-3-28-27(31-17-15-24(20-31)23-11-13-25(33-2)14-12-23)29-18-21-7-9-22(10-8-21)19-30-16-5-4-6-26(30)32/h4-14,16,24H,3,15,17-20H2,1-2H3,(H,28,29). The van der Waals surface area contributed by atoms with Crippen molar-refractivity contribution in [3.8, 4) is 5.75 Å². The van der Waals surface area contributed by atoms with Crippen LogP contribution in [0.2, 0.25) is 0 Å². The molecule has 0 saturated carbocycles. The minimum atomic E-state index is 0.0139. The molecule has 0 spiro atoms. The summed E-state index contributed by atoms with van der Waals surface area (Å²) in [5.74, 6) is 2.36. The monoisotopic (exact) mass is 444 g/mol. The van der Waals surface area contributed by atoms with Crippen molar-refractivity contribution in [2.24, 2.45) is 4.99 Å². The van der Waals surface area contributed by atoms with Crippen molar-refractivity contribution in [3.63, 3.8) is 0 Å². The highest BCUT2D eigenvalue weighted by molar-refractivity contribution is 5.80. The maximum atomic E-state index is 11.9. The molecule has 1 unspecified atom stereocenters. The molecule has 1 aliphatic rings. The Morgan fingerprint density at radius 1 is 1.06 bits per heavy atom. The number of nitrogens with one attached hydrogen (secondary N) is 1. The van der Waals surface area contributed by atoms with Crippen LogP contribution in [0.25, 0.3) is 0 Å². The fourth-order valence-corrected chi connectivity index (χ4v) is 4.23. The topological polar surface area (TPSA) is 58.9 Å². The van der Waals surface area contributed by atoms with Gasteiger partial charge in [-0.15, -0.1) is 0 Å². The van der Waals surface area contributed by atoms with E-state index in [4.69, 9.17) is 9.73 Å². The second kappa shape index (κ2) is 10.9. The van der Waals surface area contributed by atoms with E-state index in [0.717, 1.165) is 48.9 Å². The van der Waals surface area contributed by atoms with Gasteiger partial charge in [-0.1, -0.05) is 42.5 Å². The number of ether oxygens (including phenoxy) is 1. The van der Waals surface area contributed by atoms with Crippen LogP contribution in [0.3, 0.4) is 0 Å². The molecule has 33 heavy (non-hydrogen) atoms. The molecule has 3 aromatic rings. The third-order valence-corrected chi connectivity index (χ3v) is 6.10. The molecule has 0 radical (unpaired) electrons. The normalized spacial score (nSPS) is 16.1. The van der Waals surface area contributed by atoms with Crippen LogP contribution < -0.4 is 15.6 Å². The van der Waals surface area contributed by atoms with Gasteiger partial charge in [-0.05, 0) is 48.2 Å². The smallest absolute Gasteiger partial charge is 0.250 e. The van der Waals surface area contributed by atoms with E-state index in [-0.39, 0.29) is 5.56 Å². The molecule has 6 nitrogen and oxygen atoms in total. The van der Waals surface area contributed by atoms with Gasteiger partial charge in [-0.25, -0.2) is 4.99 Å². The number of likely N-dealkylation sites (tertiary alicyclic amines) is 1. The van der Waals surface area contributed by atoms with E-state index in [2.05, 4.69) is 53.5 Å². The lowest BCUT2D eigenvalue weighted by Crippen LogP contribution is -2.40. The van der Waals surface area contributed by atoms with Gasteiger partial charge in [0.1, 0.15) is 5.75 Å². The second-order valence-corrected chi connectivity index (χ2v) is 8.36. The number of hydrogen-bond donors (Lipinski definition) is 1. The number of rotatable bonds is 7. The van der Waals surface area contributed by atoms with Crippen molar-refractivity contribution in [1.82, 2.24) is 14.8 Å². The Bertz CT molecular complexity index is 1120. The van der Waals surface area contributed by atoms with Crippen molar-refractivity contribution in [2.45, 2.75) is 32.4 Å². The van der Waals surface area contributed by atoms with E-state index in [1.165, 1.54) is 5.56 Å². The van der Waals surface area contributed by atoms with Gasteiger partial charge >= 0.3 is 0 Å². The molecule has 1 aliphatic heterocycles. The highest BCUT2D eigenvalue weighted by atomic mass is 16.5. The van der Waals surface area contributed by atoms with Gasteiger partial charge in [-0.2, -0.15) is 0 Å². The average molecular weight is 445 g/mol. The first-order valence-corrected chi connectivity index (χ1v) is 11.6. The number of pyridine rings is 1. The molecule has 1 atom stereocenters. The summed E-state index contributed by atoms with van der Waals surface area (Å²) < 4.78 is 7.00. The van der Waals surface area contributed by atoms with Crippen LogP contribution >= 0.6 is 0 Å². The molecule has 0 amide bonds. The molecule has 1 saturated heterocycles. The molecule has 0 bridgehead atoms. The van der Waals surface area contributed by atoms with Crippen molar-refractivity contribution >= 4 is 5.96 Å². The van der Waals surface area contributed by atoms with Gasteiger partial charge in [0, 0.05) is 37.8 Å². The highest BCUT2D eigenvalue weighted by Crippen LogP contribution is 2.28. The molecule has 1 fully saturated rings. The number of aliphatic imine (C=N–C) groups is 1. The molecule has 172 valence electrons. The molecule has 4 rings (SSSR count). The van der Waals surface area contributed by atoms with Crippen LogP contribution in [0, 0.1) is 0 Å². The third kappa shape index (κ3) is 5.83. The molecule has 2 heterocycles. The highest BCUT2D eigenvalue weighted by Gasteiger charge is 2.26. The van der Waals surface area contributed by atoms with Crippen molar-refractivity contribution in [3.05, 3.63) is 100.0 Å². The summed E-state index contributed by atoms with van der Waals surface area (Å²) in [6.45, 7) is 6.10. The lowest BCUT2D eigenvalue weighted by molar-refractivity contribution is 0.414. The van der Waals surface area contributed by atoms with E-state index in [1.54, 1.807) is 23.8 Å². The Hall–Kier alpha value is -3.54. The molecule has 2 aromatic carbocycles. The van der Waals surface area contributed by atoms with E-state index in [0.29, 0.717) is 19.0 Å². The summed E-state index contributed by atoms with van der Waals surface area (Å²) in [6, 6.07) is 22.0. The first-order chi connectivity index (χ1) is 16.2. The number of guanidine groups is 1. The Morgan fingerprint density at radius 3 is 2.52 bits per heavy atom. The van der Waals surface area contributed by atoms with Gasteiger partial charge < -0.3 is 19.5 Å². The Balaban J connectivity index is 1.38. The zero-order valence-corrected chi connectivity index (χ0v) is 19.4. The summed E-state index contributed by atoms with van der Waals surface area (Å²) in [4.78, 5) is 19.2. The number of nitrogens with zero attached hydrogens (tertiary/aromatic N) is 3. The van der Waals surface area contributed by atoms with E-state index in [1.807, 2.05) is 24.4 Å². The Morgan fingerprint density at radius 2 is 1.82 bits per heavy atom. The second-order valence-electron chi connectivity index (χ2n) is 8.36. The fourth-order valence-electron chi connectivity index (χ4n) is 4.23. The molecular weight excluding hydrogens is 412 g/mol. The number of methoxy groups -OCH3 is 1. The number of benzene rings is 2. The summed E-state index contributed by atoms with van der Waals surface area (Å²) in [5.41, 5.74) is 3.62. The van der Waals surface area contributed by atoms with Crippen LogP contribution in [-0.4, -0.2) is 42.2 Å². The summed E-state index contributed by atoms with van der Waals surface area (Å²) in [7, 11) is 1.70.